The zero-order chi connectivity index (χ0) is 8.84. The van der Waals surface area contributed by atoms with Gasteiger partial charge in [0, 0.05) is 10.1 Å². The highest BCUT2D eigenvalue weighted by molar-refractivity contribution is 7.25. The van der Waals surface area contributed by atoms with E-state index in [9.17, 15) is 0 Å². The SMILES string of the molecule is Nc1[nH]nc2sc3ccccc3c12. The monoisotopic (exact) mass is 189 g/mol. The molecule has 64 valence electrons. The first-order chi connectivity index (χ1) is 6.36. The maximum absolute atomic E-state index is 5.78. The number of nitrogens with zero attached hydrogens (tertiary/aromatic N) is 1. The number of benzene rings is 1. The molecule has 0 aliphatic carbocycles. The summed E-state index contributed by atoms with van der Waals surface area (Å²) < 4.78 is 1.24. The maximum Gasteiger partial charge on any atom is 0.148 e. The third kappa shape index (κ3) is 0.805. The average molecular weight is 189 g/mol. The summed E-state index contributed by atoms with van der Waals surface area (Å²) >= 11 is 1.66. The molecule has 0 aliphatic rings. The second-order valence-electron chi connectivity index (χ2n) is 2.92. The Bertz CT molecular complexity index is 579. The molecule has 0 unspecified atom stereocenters. The molecule has 0 saturated carbocycles. The molecule has 3 rings (SSSR count). The first-order valence-electron chi connectivity index (χ1n) is 3.97. The van der Waals surface area contributed by atoms with E-state index in [4.69, 9.17) is 5.73 Å². The highest BCUT2D eigenvalue weighted by Crippen LogP contribution is 2.34. The normalized spacial score (nSPS) is 11.4. The molecule has 0 saturated heterocycles. The third-order valence-electron chi connectivity index (χ3n) is 2.12. The largest absolute Gasteiger partial charge is 0.384 e. The number of aromatic amines is 1. The Morgan fingerprint density at radius 3 is 3.08 bits per heavy atom. The molecule has 13 heavy (non-hydrogen) atoms. The van der Waals surface area contributed by atoms with Gasteiger partial charge in [-0.2, -0.15) is 5.10 Å². The van der Waals surface area contributed by atoms with Crippen LogP contribution in [0.2, 0.25) is 0 Å². The molecule has 0 radical (unpaired) electrons. The van der Waals surface area contributed by atoms with E-state index in [0.717, 1.165) is 10.2 Å². The molecular formula is C9H7N3S. The number of thiophene rings is 1. The van der Waals surface area contributed by atoms with Crippen molar-refractivity contribution < 1.29 is 0 Å². The van der Waals surface area contributed by atoms with Gasteiger partial charge in [-0.05, 0) is 6.07 Å². The van der Waals surface area contributed by atoms with Crippen LogP contribution in [0.25, 0.3) is 20.3 Å². The molecule has 3 aromatic rings. The molecule has 3 N–H and O–H groups in total. The minimum Gasteiger partial charge on any atom is -0.384 e. The van der Waals surface area contributed by atoms with E-state index in [2.05, 4.69) is 22.3 Å². The lowest BCUT2D eigenvalue weighted by atomic mass is 10.2. The van der Waals surface area contributed by atoms with Crippen molar-refractivity contribution in [1.29, 1.82) is 0 Å². The van der Waals surface area contributed by atoms with Crippen LogP contribution in [0, 0.1) is 0 Å². The van der Waals surface area contributed by atoms with Crippen LogP contribution in [-0.2, 0) is 0 Å². The molecular weight excluding hydrogens is 182 g/mol. The van der Waals surface area contributed by atoms with Crippen molar-refractivity contribution in [2.24, 2.45) is 0 Å². The maximum atomic E-state index is 5.78. The summed E-state index contributed by atoms with van der Waals surface area (Å²) in [6.07, 6.45) is 0. The fourth-order valence-electron chi connectivity index (χ4n) is 1.54. The van der Waals surface area contributed by atoms with E-state index in [1.165, 1.54) is 10.1 Å². The van der Waals surface area contributed by atoms with E-state index in [0.29, 0.717) is 5.82 Å². The predicted molar refractivity (Wildman–Crippen MR) is 55.9 cm³/mol. The lowest BCUT2D eigenvalue weighted by Gasteiger charge is -1.88. The van der Waals surface area contributed by atoms with Gasteiger partial charge in [0.25, 0.3) is 0 Å². The second kappa shape index (κ2) is 2.23. The number of nitrogen functional groups attached to an aromatic ring is 1. The molecule has 0 atom stereocenters. The molecule has 0 fully saturated rings. The smallest absolute Gasteiger partial charge is 0.148 e. The topological polar surface area (TPSA) is 54.7 Å². The minimum atomic E-state index is 0.660. The van der Waals surface area contributed by atoms with Crippen molar-refractivity contribution in [3.05, 3.63) is 24.3 Å². The van der Waals surface area contributed by atoms with E-state index in [-0.39, 0.29) is 0 Å². The Morgan fingerprint density at radius 1 is 1.31 bits per heavy atom. The quantitative estimate of drug-likeness (QED) is 0.570. The highest BCUT2D eigenvalue weighted by atomic mass is 32.1. The standard InChI is InChI=1S/C9H7N3S/c10-8-7-5-3-1-2-4-6(5)13-9(7)12-11-8/h1-4H,(H3,10,11,12). The Labute approximate surface area is 78.2 Å². The molecule has 0 spiro atoms. The first kappa shape index (κ1) is 6.91. The fraction of sp³-hybridized carbons (Fsp3) is 0. The molecule has 1 aromatic carbocycles. The molecule has 4 heteroatoms. The van der Waals surface area contributed by atoms with Gasteiger partial charge in [-0.1, -0.05) is 18.2 Å². The van der Waals surface area contributed by atoms with Crippen LogP contribution >= 0.6 is 11.3 Å². The highest BCUT2D eigenvalue weighted by Gasteiger charge is 2.09. The molecule has 0 bridgehead atoms. The van der Waals surface area contributed by atoms with Crippen molar-refractivity contribution in [3.8, 4) is 0 Å². The fourth-order valence-corrected chi connectivity index (χ4v) is 2.59. The number of fused-ring (bicyclic) bond motifs is 3. The van der Waals surface area contributed by atoms with E-state index >= 15 is 0 Å². The van der Waals surface area contributed by atoms with Crippen LogP contribution in [-0.4, -0.2) is 10.2 Å². The van der Waals surface area contributed by atoms with Gasteiger partial charge >= 0.3 is 0 Å². The van der Waals surface area contributed by atoms with Crippen molar-refractivity contribution in [3.63, 3.8) is 0 Å². The Morgan fingerprint density at radius 2 is 2.15 bits per heavy atom. The van der Waals surface area contributed by atoms with Gasteiger partial charge in [0.05, 0.1) is 5.39 Å². The van der Waals surface area contributed by atoms with E-state index in [1.54, 1.807) is 11.3 Å². The van der Waals surface area contributed by atoms with Gasteiger partial charge in [-0.3, -0.25) is 5.10 Å². The van der Waals surface area contributed by atoms with E-state index < -0.39 is 0 Å². The third-order valence-corrected chi connectivity index (χ3v) is 3.19. The Balaban J connectivity index is 2.66. The minimum absolute atomic E-state index is 0.660. The van der Waals surface area contributed by atoms with Gasteiger partial charge in [0.2, 0.25) is 0 Å². The number of aromatic nitrogens is 2. The number of anilines is 1. The van der Waals surface area contributed by atoms with E-state index in [1.807, 2.05) is 12.1 Å². The average Bonchev–Trinajstić information content (AvgIpc) is 2.66. The summed E-state index contributed by atoms with van der Waals surface area (Å²) in [4.78, 5) is 0.985. The van der Waals surface area contributed by atoms with Crippen molar-refractivity contribution >= 4 is 37.5 Å². The summed E-state index contributed by atoms with van der Waals surface area (Å²) in [7, 11) is 0. The number of hydrogen-bond donors (Lipinski definition) is 2. The zero-order valence-corrected chi connectivity index (χ0v) is 7.56. The number of rotatable bonds is 0. The van der Waals surface area contributed by atoms with Gasteiger partial charge in [-0.15, -0.1) is 11.3 Å². The van der Waals surface area contributed by atoms with Crippen LogP contribution in [0.15, 0.2) is 24.3 Å². The number of nitrogens with two attached hydrogens (primary N) is 1. The second-order valence-corrected chi connectivity index (χ2v) is 3.95. The predicted octanol–water partition coefficient (Wildman–Crippen LogP) is 2.36. The van der Waals surface area contributed by atoms with Gasteiger partial charge < -0.3 is 5.73 Å². The molecule has 0 aliphatic heterocycles. The van der Waals surface area contributed by atoms with Crippen LogP contribution < -0.4 is 5.73 Å². The van der Waals surface area contributed by atoms with Crippen molar-refractivity contribution in [2.45, 2.75) is 0 Å². The summed E-state index contributed by atoms with van der Waals surface area (Å²) in [6, 6.07) is 8.19. The molecule has 2 aromatic heterocycles. The lowest BCUT2D eigenvalue weighted by molar-refractivity contribution is 1.13. The zero-order valence-electron chi connectivity index (χ0n) is 6.74. The molecule has 2 heterocycles. The van der Waals surface area contributed by atoms with Crippen LogP contribution in [0.4, 0.5) is 5.82 Å². The van der Waals surface area contributed by atoms with Gasteiger partial charge in [0.15, 0.2) is 0 Å². The number of hydrogen-bond acceptors (Lipinski definition) is 3. The van der Waals surface area contributed by atoms with Crippen LogP contribution in [0.3, 0.4) is 0 Å². The van der Waals surface area contributed by atoms with Crippen LogP contribution in [0.5, 0.6) is 0 Å². The summed E-state index contributed by atoms with van der Waals surface area (Å²) in [5, 5.41) is 9.16. The van der Waals surface area contributed by atoms with Crippen molar-refractivity contribution in [2.75, 3.05) is 5.73 Å². The summed E-state index contributed by atoms with van der Waals surface area (Å²) in [6.45, 7) is 0. The van der Waals surface area contributed by atoms with Crippen molar-refractivity contribution in [1.82, 2.24) is 10.2 Å². The number of H-pyrrole nitrogens is 1. The Kier molecular flexibility index (Phi) is 1.19. The summed E-state index contributed by atoms with van der Waals surface area (Å²) in [5.74, 6) is 0.660. The summed E-state index contributed by atoms with van der Waals surface area (Å²) in [5.41, 5.74) is 5.78. The number of nitrogens with one attached hydrogen (secondary N) is 1. The lowest BCUT2D eigenvalue weighted by Crippen LogP contribution is -1.83. The molecule has 3 nitrogen and oxygen atoms in total. The first-order valence-corrected chi connectivity index (χ1v) is 4.79. The molecule has 0 amide bonds. The van der Waals surface area contributed by atoms with Crippen LogP contribution in [0.1, 0.15) is 0 Å². The van der Waals surface area contributed by atoms with Gasteiger partial charge in [-0.25, -0.2) is 0 Å². The Hall–Kier alpha value is -1.55. The van der Waals surface area contributed by atoms with Gasteiger partial charge in [0.1, 0.15) is 10.6 Å².